The quantitative estimate of drug-likeness (QED) is 0.592. The summed E-state index contributed by atoms with van der Waals surface area (Å²) in [5, 5.41) is 10.5. The van der Waals surface area contributed by atoms with Gasteiger partial charge in [-0.2, -0.15) is 0 Å². The van der Waals surface area contributed by atoms with Crippen LogP contribution in [0.2, 0.25) is 5.02 Å². The highest BCUT2D eigenvalue weighted by Gasteiger charge is 2.19. The van der Waals surface area contributed by atoms with E-state index in [4.69, 9.17) is 20.9 Å². The minimum atomic E-state index is -0.686. The first-order chi connectivity index (χ1) is 13.2. The van der Waals surface area contributed by atoms with Crippen molar-refractivity contribution in [3.8, 4) is 0 Å². The lowest BCUT2D eigenvalue weighted by molar-refractivity contribution is 0.0631. The van der Waals surface area contributed by atoms with Gasteiger partial charge in [0.1, 0.15) is 5.60 Å². The van der Waals surface area contributed by atoms with Gasteiger partial charge in [0.25, 0.3) is 5.91 Å². The number of nitrogens with zero attached hydrogens (tertiary/aromatic N) is 1. The maximum absolute atomic E-state index is 12.2. The van der Waals surface area contributed by atoms with E-state index in [0.717, 1.165) is 16.5 Å². The van der Waals surface area contributed by atoms with Gasteiger partial charge < -0.3 is 19.6 Å². The van der Waals surface area contributed by atoms with Gasteiger partial charge in [-0.25, -0.2) is 4.79 Å². The molecule has 2 heterocycles. The summed E-state index contributed by atoms with van der Waals surface area (Å²) in [6.45, 7) is 5.63. The molecule has 0 bridgehead atoms. The highest BCUT2D eigenvalue weighted by atomic mass is 35.5. The monoisotopic (exact) mass is 404 g/mol. The smallest absolute Gasteiger partial charge is 0.414 e. The van der Waals surface area contributed by atoms with Crippen LogP contribution in [0.1, 0.15) is 36.8 Å². The van der Waals surface area contributed by atoms with Crippen molar-refractivity contribution in [1.29, 1.82) is 0 Å². The lowest BCUT2D eigenvalue weighted by Gasteiger charge is -2.18. The number of benzene rings is 1. The second-order valence-electron chi connectivity index (χ2n) is 7.21. The Kier molecular flexibility index (Phi) is 5.60. The van der Waals surface area contributed by atoms with Gasteiger partial charge in [0, 0.05) is 34.7 Å². The van der Waals surface area contributed by atoms with E-state index in [9.17, 15) is 9.59 Å². The van der Waals surface area contributed by atoms with E-state index in [2.05, 4.69) is 20.8 Å². The highest BCUT2D eigenvalue weighted by molar-refractivity contribution is 6.31. The van der Waals surface area contributed by atoms with Crippen LogP contribution in [0, 0.1) is 0 Å². The first-order valence-corrected chi connectivity index (χ1v) is 9.09. The first-order valence-electron chi connectivity index (χ1n) is 8.72. The number of carbonyl (C=O) groups excluding carboxylic acids is 2. The van der Waals surface area contributed by atoms with E-state index in [1.54, 1.807) is 20.8 Å². The number of amides is 2. The van der Waals surface area contributed by atoms with Crippen LogP contribution in [-0.4, -0.2) is 34.3 Å². The van der Waals surface area contributed by atoms with Crippen molar-refractivity contribution in [2.24, 2.45) is 0 Å². The third-order valence-electron chi connectivity index (χ3n) is 3.78. The normalized spacial score (nSPS) is 11.4. The zero-order valence-corrected chi connectivity index (χ0v) is 16.5. The summed E-state index contributed by atoms with van der Waals surface area (Å²) >= 11 is 6.04. The first kappa shape index (κ1) is 19.8. The van der Waals surface area contributed by atoms with Crippen LogP contribution in [-0.2, 0) is 11.2 Å². The van der Waals surface area contributed by atoms with Crippen molar-refractivity contribution in [2.75, 3.05) is 11.9 Å². The van der Waals surface area contributed by atoms with Crippen molar-refractivity contribution >= 4 is 40.4 Å². The summed E-state index contributed by atoms with van der Waals surface area (Å²) in [6, 6.07) is 6.95. The Labute approximate surface area is 166 Å². The Hall–Kier alpha value is -3.00. The predicted octanol–water partition coefficient (Wildman–Crippen LogP) is 4.13. The molecule has 3 rings (SSSR count). The van der Waals surface area contributed by atoms with Gasteiger partial charge in [-0.15, -0.1) is 0 Å². The van der Waals surface area contributed by atoms with Crippen LogP contribution in [0.15, 0.2) is 35.0 Å². The molecule has 8 nitrogen and oxygen atoms in total. The van der Waals surface area contributed by atoms with Crippen LogP contribution in [0.3, 0.4) is 0 Å². The minimum absolute atomic E-state index is 0.0330. The van der Waals surface area contributed by atoms with E-state index in [-0.39, 0.29) is 11.6 Å². The average molecular weight is 405 g/mol. The molecule has 9 heteroatoms. The van der Waals surface area contributed by atoms with Gasteiger partial charge in [0.15, 0.2) is 5.69 Å². The van der Waals surface area contributed by atoms with Crippen molar-refractivity contribution in [3.05, 3.63) is 46.7 Å². The molecule has 0 radical (unpaired) electrons. The number of anilines is 1. The van der Waals surface area contributed by atoms with E-state index in [1.807, 2.05) is 24.4 Å². The number of aromatic amines is 1. The molecule has 0 aliphatic heterocycles. The molecular formula is C19H21ClN4O4. The molecular weight excluding hydrogens is 384 g/mol. The van der Waals surface area contributed by atoms with Gasteiger partial charge in [-0.3, -0.25) is 10.1 Å². The maximum Gasteiger partial charge on any atom is 0.414 e. The standard InChI is InChI=1S/C19H21ClN4O4/c1-19(2,3)27-18(26)23-16-9-15(24-28-16)17(25)21-7-6-11-10-22-14-5-4-12(20)8-13(11)14/h4-5,8-10,22H,6-7H2,1-3H3,(H,21,25)(H,23,26). The number of ether oxygens (including phenoxy) is 1. The fraction of sp³-hybridized carbons (Fsp3) is 0.316. The van der Waals surface area contributed by atoms with Crippen molar-refractivity contribution in [1.82, 2.24) is 15.5 Å². The van der Waals surface area contributed by atoms with Crippen molar-refractivity contribution in [2.45, 2.75) is 32.8 Å². The fourth-order valence-corrected chi connectivity index (χ4v) is 2.78. The third kappa shape index (κ3) is 5.04. The van der Waals surface area contributed by atoms with Gasteiger partial charge in [-0.05, 0) is 51.0 Å². The number of carbonyl (C=O) groups is 2. The lowest BCUT2D eigenvalue weighted by Crippen LogP contribution is -2.27. The zero-order valence-electron chi connectivity index (χ0n) is 15.8. The number of nitrogens with one attached hydrogen (secondary N) is 3. The molecule has 0 fully saturated rings. The molecule has 0 aliphatic carbocycles. The van der Waals surface area contributed by atoms with Gasteiger partial charge >= 0.3 is 6.09 Å². The van der Waals surface area contributed by atoms with Crippen LogP contribution in [0.25, 0.3) is 10.9 Å². The van der Waals surface area contributed by atoms with E-state index < -0.39 is 17.6 Å². The molecule has 0 spiro atoms. The van der Waals surface area contributed by atoms with Crippen LogP contribution in [0.5, 0.6) is 0 Å². The fourth-order valence-electron chi connectivity index (χ4n) is 2.60. The molecule has 148 valence electrons. The number of hydrogen-bond acceptors (Lipinski definition) is 5. The summed E-state index contributed by atoms with van der Waals surface area (Å²) in [4.78, 5) is 27.1. The van der Waals surface area contributed by atoms with E-state index >= 15 is 0 Å². The Morgan fingerprint density at radius 3 is 2.82 bits per heavy atom. The number of halogens is 1. The predicted molar refractivity (Wildman–Crippen MR) is 106 cm³/mol. The summed E-state index contributed by atoms with van der Waals surface area (Å²) in [7, 11) is 0. The van der Waals surface area contributed by atoms with Gasteiger partial charge in [-0.1, -0.05) is 16.8 Å². The molecule has 0 aliphatic rings. The molecule has 0 atom stereocenters. The Morgan fingerprint density at radius 2 is 2.07 bits per heavy atom. The molecule has 3 aromatic rings. The Balaban J connectivity index is 1.53. The minimum Gasteiger partial charge on any atom is -0.444 e. The molecule has 28 heavy (non-hydrogen) atoms. The Bertz CT molecular complexity index is 1000. The van der Waals surface area contributed by atoms with Crippen molar-refractivity contribution < 1.29 is 18.8 Å². The molecule has 0 unspecified atom stereocenters. The zero-order chi connectivity index (χ0) is 20.3. The third-order valence-corrected chi connectivity index (χ3v) is 4.01. The largest absolute Gasteiger partial charge is 0.444 e. The van der Waals surface area contributed by atoms with Crippen LogP contribution < -0.4 is 10.6 Å². The van der Waals surface area contributed by atoms with Crippen LogP contribution >= 0.6 is 11.6 Å². The maximum atomic E-state index is 12.2. The van der Waals surface area contributed by atoms with Gasteiger partial charge in [0.2, 0.25) is 5.88 Å². The Morgan fingerprint density at radius 1 is 1.29 bits per heavy atom. The lowest BCUT2D eigenvalue weighted by atomic mass is 10.1. The SMILES string of the molecule is CC(C)(C)OC(=O)Nc1cc(C(=O)NCCc2c[nH]c3ccc(Cl)cc23)no1. The number of rotatable bonds is 5. The van der Waals surface area contributed by atoms with Crippen molar-refractivity contribution in [3.63, 3.8) is 0 Å². The second kappa shape index (κ2) is 7.93. The number of hydrogen-bond donors (Lipinski definition) is 3. The molecule has 3 N–H and O–H groups in total. The molecule has 2 aromatic heterocycles. The second-order valence-corrected chi connectivity index (χ2v) is 7.65. The summed E-state index contributed by atoms with van der Waals surface area (Å²) in [5.41, 5.74) is 1.45. The van der Waals surface area contributed by atoms with Crippen LogP contribution in [0.4, 0.5) is 10.7 Å². The summed E-state index contributed by atoms with van der Waals surface area (Å²) in [6.07, 6.45) is 1.83. The average Bonchev–Trinajstić information content (AvgIpc) is 3.20. The van der Waals surface area contributed by atoms with E-state index in [1.165, 1.54) is 6.07 Å². The number of H-pyrrole nitrogens is 1. The summed E-state index contributed by atoms with van der Waals surface area (Å²) in [5.74, 6) is -0.371. The highest BCUT2D eigenvalue weighted by Crippen LogP contribution is 2.22. The number of fused-ring (bicyclic) bond motifs is 1. The molecule has 0 saturated heterocycles. The summed E-state index contributed by atoms with van der Waals surface area (Å²) < 4.78 is 10.1. The van der Waals surface area contributed by atoms with Gasteiger partial charge in [0.05, 0.1) is 0 Å². The van der Waals surface area contributed by atoms with E-state index in [0.29, 0.717) is 18.0 Å². The topological polar surface area (TPSA) is 109 Å². The number of aromatic nitrogens is 2. The molecule has 2 amide bonds. The molecule has 0 saturated carbocycles. The molecule has 1 aromatic carbocycles.